The summed E-state index contributed by atoms with van der Waals surface area (Å²) in [7, 11) is 0. The van der Waals surface area contributed by atoms with Crippen LogP contribution in [0.2, 0.25) is 20.4 Å². The molecule has 9 heteroatoms. The summed E-state index contributed by atoms with van der Waals surface area (Å²) in [5, 5.41) is 10.5. The average molecular weight is 468 g/mol. The third kappa shape index (κ3) is 6.99. The molecule has 0 amide bonds. The van der Waals surface area contributed by atoms with Gasteiger partial charge in [-0.25, -0.2) is 9.97 Å². The van der Waals surface area contributed by atoms with Gasteiger partial charge in [0.15, 0.2) is 6.29 Å². The molecule has 0 radical (unpaired) electrons. The number of pyridine rings is 2. The first-order valence-corrected chi connectivity index (χ1v) is 10.3. The number of nitrogens with zero attached hydrogens (tertiary/aromatic N) is 2. The molecule has 28 heavy (non-hydrogen) atoms. The van der Waals surface area contributed by atoms with Crippen LogP contribution in [0, 0.1) is 13.8 Å². The van der Waals surface area contributed by atoms with Gasteiger partial charge < -0.3 is 14.6 Å². The standard InChI is InChI=1S/C12H15Cl2NO2.C7H7Cl2NO/c1-8-6-10(13)9(12(14)15-8)7-17-11-4-2-3-5-16-11;1-4-2-6(8)5(3-11)7(9)10-4/h6,11H,2-5,7H2,1H3;2,11H,3H2,1H3. The third-order valence-electron chi connectivity index (χ3n) is 4.00. The maximum Gasteiger partial charge on any atom is 0.158 e. The zero-order valence-electron chi connectivity index (χ0n) is 15.6. The van der Waals surface area contributed by atoms with Crippen molar-refractivity contribution in [1.82, 2.24) is 9.97 Å². The molecule has 1 aliphatic heterocycles. The first kappa shape index (κ1) is 23.6. The Morgan fingerprint density at radius 2 is 1.57 bits per heavy atom. The van der Waals surface area contributed by atoms with Gasteiger partial charge in [-0.2, -0.15) is 0 Å². The molecule has 2 aromatic rings. The molecule has 3 rings (SSSR count). The third-order valence-corrected chi connectivity index (χ3v) is 5.30. The maximum atomic E-state index is 8.78. The van der Waals surface area contributed by atoms with Crippen LogP contribution in [0.15, 0.2) is 12.1 Å². The Labute approximate surface area is 184 Å². The fourth-order valence-corrected chi connectivity index (χ4v) is 3.83. The van der Waals surface area contributed by atoms with Crippen molar-refractivity contribution in [3.63, 3.8) is 0 Å². The predicted molar refractivity (Wildman–Crippen MR) is 112 cm³/mol. The average Bonchev–Trinajstić information content (AvgIpc) is 2.62. The fraction of sp³-hybridized carbons (Fsp3) is 0.474. The lowest BCUT2D eigenvalue weighted by molar-refractivity contribution is -0.168. The van der Waals surface area contributed by atoms with Gasteiger partial charge in [-0.3, -0.25) is 0 Å². The van der Waals surface area contributed by atoms with Crippen molar-refractivity contribution in [3.8, 4) is 0 Å². The van der Waals surface area contributed by atoms with Crippen LogP contribution in [0.3, 0.4) is 0 Å². The topological polar surface area (TPSA) is 64.5 Å². The van der Waals surface area contributed by atoms with E-state index in [1.165, 1.54) is 0 Å². The number of aromatic nitrogens is 2. The highest BCUT2D eigenvalue weighted by molar-refractivity contribution is 6.35. The molecule has 154 valence electrons. The second-order valence-corrected chi connectivity index (χ2v) is 7.83. The lowest BCUT2D eigenvalue weighted by atomic mass is 10.2. The smallest absolute Gasteiger partial charge is 0.158 e. The number of hydrogen-bond acceptors (Lipinski definition) is 5. The van der Waals surface area contributed by atoms with Gasteiger partial charge >= 0.3 is 0 Å². The van der Waals surface area contributed by atoms with Crippen molar-refractivity contribution in [2.75, 3.05) is 6.61 Å². The molecule has 1 fully saturated rings. The minimum Gasteiger partial charge on any atom is -0.392 e. The van der Waals surface area contributed by atoms with Crippen molar-refractivity contribution in [2.24, 2.45) is 0 Å². The summed E-state index contributed by atoms with van der Waals surface area (Å²) < 4.78 is 11.1. The lowest BCUT2D eigenvalue weighted by Gasteiger charge is -2.23. The van der Waals surface area contributed by atoms with E-state index < -0.39 is 0 Å². The van der Waals surface area contributed by atoms with E-state index in [1.807, 2.05) is 6.92 Å². The van der Waals surface area contributed by atoms with Crippen LogP contribution in [0.4, 0.5) is 0 Å². The quantitative estimate of drug-likeness (QED) is 0.564. The maximum absolute atomic E-state index is 8.78. The Kier molecular flexibility index (Phi) is 9.71. The molecule has 0 bridgehead atoms. The van der Waals surface area contributed by atoms with Crippen molar-refractivity contribution in [1.29, 1.82) is 0 Å². The lowest BCUT2D eigenvalue weighted by Crippen LogP contribution is -2.22. The largest absolute Gasteiger partial charge is 0.392 e. The van der Waals surface area contributed by atoms with Gasteiger partial charge in [-0.1, -0.05) is 46.4 Å². The molecular weight excluding hydrogens is 446 g/mol. The molecule has 1 unspecified atom stereocenters. The Bertz CT molecular complexity index is 753. The van der Waals surface area contributed by atoms with Crippen molar-refractivity contribution < 1.29 is 14.6 Å². The summed E-state index contributed by atoms with van der Waals surface area (Å²) in [4.78, 5) is 8.08. The molecule has 0 saturated carbocycles. The number of hydrogen-bond donors (Lipinski definition) is 1. The number of ether oxygens (including phenoxy) is 2. The van der Waals surface area contributed by atoms with Gasteiger partial charge in [0.2, 0.25) is 0 Å². The van der Waals surface area contributed by atoms with E-state index >= 15 is 0 Å². The summed E-state index contributed by atoms with van der Waals surface area (Å²) in [5.74, 6) is 0. The van der Waals surface area contributed by atoms with Crippen LogP contribution in [0.25, 0.3) is 0 Å². The molecule has 0 aliphatic carbocycles. The number of aliphatic hydroxyl groups excluding tert-OH is 1. The molecule has 0 aromatic carbocycles. The summed E-state index contributed by atoms with van der Waals surface area (Å²) in [6.07, 6.45) is 3.03. The van der Waals surface area contributed by atoms with Crippen molar-refractivity contribution >= 4 is 46.4 Å². The van der Waals surface area contributed by atoms with Gasteiger partial charge in [0.05, 0.1) is 23.3 Å². The van der Waals surface area contributed by atoms with Crippen LogP contribution in [0.5, 0.6) is 0 Å². The van der Waals surface area contributed by atoms with E-state index in [-0.39, 0.29) is 18.1 Å². The highest BCUT2D eigenvalue weighted by atomic mass is 35.5. The summed E-state index contributed by atoms with van der Waals surface area (Å²) in [6.45, 7) is 4.57. The van der Waals surface area contributed by atoms with Crippen LogP contribution in [-0.2, 0) is 22.7 Å². The molecule has 3 heterocycles. The van der Waals surface area contributed by atoms with Gasteiger partial charge in [0, 0.05) is 29.1 Å². The predicted octanol–water partition coefficient (Wildman–Crippen LogP) is 5.93. The molecule has 1 N–H and O–H groups in total. The van der Waals surface area contributed by atoms with Gasteiger partial charge in [0.1, 0.15) is 10.3 Å². The zero-order chi connectivity index (χ0) is 20.7. The number of aliphatic hydroxyl groups is 1. The Hall–Kier alpha value is -0.660. The monoisotopic (exact) mass is 466 g/mol. The molecule has 1 aliphatic rings. The zero-order valence-corrected chi connectivity index (χ0v) is 18.7. The van der Waals surface area contributed by atoms with E-state index in [2.05, 4.69) is 9.97 Å². The Morgan fingerprint density at radius 1 is 1.00 bits per heavy atom. The van der Waals surface area contributed by atoms with Crippen molar-refractivity contribution in [2.45, 2.75) is 52.6 Å². The minimum atomic E-state index is -0.176. The highest BCUT2D eigenvalue weighted by Gasteiger charge is 2.16. The first-order valence-electron chi connectivity index (χ1n) is 8.79. The normalized spacial score (nSPS) is 16.5. The van der Waals surface area contributed by atoms with Gasteiger partial charge in [-0.15, -0.1) is 0 Å². The molecule has 1 saturated heterocycles. The summed E-state index contributed by atoms with van der Waals surface area (Å²) in [5.41, 5.74) is 2.77. The Balaban J connectivity index is 0.000000221. The Morgan fingerprint density at radius 3 is 2.04 bits per heavy atom. The second-order valence-electron chi connectivity index (χ2n) is 6.29. The van der Waals surface area contributed by atoms with E-state index in [1.54, 1.807) is 19.1 Å². The van der Waals surface area contributed by atoms with E-state index in [4.69, 9.17) is 61.0 Å². The summed E-state index contributed by atoms with van der Waals surface area (Å²) >= 11 is 23.6. The highest BCUT2D eigenvalue weighted by Crippen LogP contribution is 2.26. The van der Waals surface area contributed by atoms with E-state index in [0.717, 1.165) is 42.8 Å². The van der Waals surface area contributed by atoms with Crippen LogP contribution < -0.4 is 0 Å². The molecule has 1 atom stereocenters. The minimum absolute atomic E-state index is 0.141. The molecular formula is C19H22Cl4N2O3. The summed E-state index contributed by atoms with van der Waals surface area (Å²) in [6, 6.07) is 3.45. The number of aryl methyl sites for hydroxylation is 2. The fourth-order valence-electron chi connectivity index (χ4n) is 2.54. The molecule has 0 spiro atoms. The van der Waals surface area contributed by atoms with Gasteiger partial charge in [0.25, 0.3) is 0 Å². The van der Waals surface area contributed by atoms with Crippen LogP contribution >= 0.6 is 46.4 Å². The molecule has 2 aromatic heterocycles. The second kappa shape index (κ2) is 11.5. The van der Waals surface area contributed by atoms with Crippen molar-refractivity contribution in [3.05, 3.63) is 55.0 Å². The first-order chi connectivity index (χ1) is 13.3. The SMILES string of the molecule is Cc1cc(Cl)c(CO)c(Cl)n1.Cc1cc(Cl)c(COC2CCCCO2)c(Cl)n1. The van der Waals surface area contributed by atoms with E-state index in [0.29, 0.717) is 27.4 Å². The molecule has 5 nitrogen and oxygen atoms in total. The van der Waals surface area contributed by atoms with E-state index in [9.17, 15) is 0 Å². The number of halogens is 4. The van der Waals surface area contributed by atoms with Crippen LogP contribution in [0.1, 0.15) is 41.8 Å². The van der Waals surface area contributed by atoms with Crippen LogP contribution in [-0.4, -0.2) is 28.0 Å². The number of rotatable bonds is 4. The van der Waals surface area contributed by atoms with Gasteiger partial charge in [-0.05, 0) is 45.2 Å².